The minimum absolute atomic E-state index is 0.0371. The van der Waals surface area contributed by atoms with Crippen LogP contribution in [0.25, 0.3) is 0 Å². The van der Waals surface area contributed by atoms with Crippen LogP contribution in [-0.2, 0) is 11.8 Å². The molecule has 0 spiro atoms. The van der Waals surface area contributed by atoms with Crippen LogP contribution >= 0.6 is 0 Å². The van der Waals surface area contributed by atoms with E-state index in [0.29, 0.717) is 26.2 Å². The van der Waals surface area contributed by atoms with Gasteiger partial charge in [0, 0.05) is 39.9 Å². The van der Waals surface area contributed by atoms with E-state index in [1.165, 1.54) is 0 Å². The van der Waals surface area contributed by atoms with Gasteiger partial charge in [-0.15, -0.1) is 0 Å². The number of aromatic nitrogens is 2. The maximum absolute atomic E-state index is 12.5. The van der Waals surface area contributed by atoms with E-state index in [2.05, 4.69) is 15.4 Å². The number of carbonyl (C=O) groups is 1. The highest BCUT2D eigenvalue weighted by Crippen LogP contribution is 2.17. The highest BCUT2D eigenvalue weighted by Gasteiger charge is 2.27. The molecule has 1 fully saturated rings. The maximum Gasteiger partial charge on any atom is 0.246 e. The predicted molar refractivity (Wildman–Crippen MR) is 112 cm³/mol. The van der Waals surface area contributed by atoms with Crippen LogP contribution in [0.4, 0.5) is 5.69 Å². The maximum atomic E-state index is 12.5. The summed E-state index contributed by atoms with van der Waals surface area (Å²) < 4.78 is 12.6. The first-order chi connectivity index (χ1) is 14.1. The number of aliphatic imine (C=N–C) groups is 1. The quantitative estimate of drug-likeness (QED) is 0.426. The van der Waals surface area contributed by atoms with Gasteiger partial charge < -0.3 is 24.6 Å². The molecule has 1 aromatic heterocycles. The third-order valence-corrected chi connectivity index (χ3v) is 4.67. The molecule has 2 heterocycles. The van der Waals surface area contributed by atoms with Crippen LogP contribution in [0, 0.1) is 0 Å². The first kappa shape index (κ1) is 20.5. The van der Waals surface area contributed by atoms with Crippen molar-refractivity contribution < 1.29 is 14.3 Å². The van der Waals surface area contributed by atoms with E-state index >= 15 is 0 Å². The Hall–Kier alpha value is -3.23. The van der Waals surface area contributed by atoms with Crippen molar-refractivity contribution in [3.8, 4) is 11.5 Å². The molecule has 1 aliphatic heterocycles. The number of nitrogens with one attached hydrogen (secondary N) is 1. The second-order valence-corrected chi connectivity index (χ2v) is 6.69. The zero-order valence-electron chi connectivity index (χ0n) is 17.2. The molecule has 1 saturated heterocycles. The summed E-state index contributed by atoms with van der Waals surface area (Å²) in [7, 11) is 5.21. The molecule has 1 aliphatic rings. The Labute approximate surface area is 170 Å². The SMILES string of the molecule is CN=C(NCCCOc1ccc(OC)cc1)N1CCN(c2cnn(C)c2)C(=O)C1. The van der Waals surface area contributed by atoms with Crippen LogP contribution in [0.1, 0.15) is 6.42 Å². The number of nitrogens with zero attached hydrogens (tertiary/aromatic N) is 5. The molecular weight excluding hydrogens is 372 g/mol. The van der Waals surface area contributed by atoms with E-state index in [-0.39, 0.29) is 12.5 Å². The standard InChI is InChI=1S/C20H28N6O3/c1-21-20(22-9-4-12-29-18-7-5-17(28-3)6-8-18)25-10-11-26(19(27)15-25)16-13-23-24(2)14-16/h5-8,13-14H,4,9-12,15H2,1-3H3,(H,21,22). The summed E-state index contributed by atoms with van der Waals surface area (Å²) in [6.45, 7) is 2.90. The number of piperazine rings is 1. The Morgan fingerprint density at radius 2 is 2.00 bits per heavy atom. The van der Waals surface area contributed by atoms with Gasteiger partial charge in [0.25, 0.3) is 0 Å². The fourth-order valence-electron chi connectivity index (χ4n) is 3.14. The lowest BCUT2D eigenvalue weighted by molar-refractivity contribution is -0.120. The Morgan fingerprint density at radius 3 is 2.62 bits per heavy atom. The third-order valence-electron chi connectivity index (χ3n) is 4.67. The van der Waals surface area contributed by atoms with Gasteiger partial charge in [0.1, 0.15) is 18.0 Å². The lowest BCUT2D eigenvalue weighted by Crippen LogP contribution is -2.55. The second kappa shape index (κ2) is 9.81. The molecule has 0 unspecified atom stereocenters. The van der Waals surface area contributed by atoms with Crippen molar-refractivity contribution >= 4 is 17.6 Å². The largest absolute Gasteiger partial charge is 0.497 e. The van der Waals surface area contributed by atoms with E-state index in [9.17, 15) is 4.79 Å². The molecule has 0 aliphatic carbocycles. The van der Waals surface area contributed by atoms with Gasteiger partial charge in [-0.05, 0) is 30.7 Å². The molecule has 0 atom stereocenters. The van der Waals surface area contributed by atoms with Crippen molar-refractivity contribution in [3.05, 3.63) is 36.7 Å². The summed E-state index contributed by atoms with van der Waals surface area (Å²) in [4.78, 5) is 20.6. The van der Waals surface area contributed by atoms with Gasteiger partial charge in [-0.1, -0.05) is 0 Å². The average Bonchev–Trinajstić information content (AvgIpc) is 3.17. The zero-order valence-corrected chi connectivity index (χ0v) is 17.2. The topological polar surface area (TPSA) is 84.2 Å². The van der Waals surface area contributed by atoms with Crippen molar-refractivity contribution in [1.82, 2.24) is 20.0 Å². The van der Waals surface area contributed by atoms with Crippen LogP contribution in [0.5, 0.6) is 11.5 Å². The Bertz CT molecular complexity index is 833. The second-order valence-electron chi connectivity index (χ2n) is 6.69. The molecule has 1 amide bonds. The Kier molecular flexibility index (Phi) is 6.94. The van der Waals surface area contributed by atoms with Crippen molar-refractivity contribution in [2.24, 2.45) is 12.0 Å². The van der Waals surface area contributed by atoms with Crippen LogP contribution in [0.2, 0.25) is 0 Å². The molecule has 9 nitrogen and oxygen atoms in total. The van der Waals surface area contributed by atoms with Crippen molar-refractivity contribution in [1.29, 1.82) is 0 Å². The number of carbonyl (C=O) groups excluding carboxylic acids is 1. The lowest BCUT2D eigenvalue weighted by Gasteiger charge is -2.35. The number of hydrogen-bond acceptors (Lipinski definition) is 5. The first-order valence-corrected chi connectivity index (χ1v) is 9.62. The molecule has 29 heavy (non-hydrogen) atoms. The first-order valence-electron chi connectivity index (χ1n) is 9.62. The van der Waals surface area contributed by atoms with Gasteiger partial charge in [0.2, 0.25) is 5.91 Å². The number of methoxy groups -OCH3 is 1. The average molecular weight is 400 g/mol. The molecular formula is C20H28N6O3. The summed E-state index contributed by atoms with van der Waals surface area (Å²) in [6.07, 6.45) is 4.38. The number of hydrogen-bond donors (Lipinski definition) is 1. The minimum atomic E-state index is 0.0371. The van der Waals surface area contributed by atoms with E-state index in [4.69, 9.17) is 9.47 Å². The van der Waals surface area contributed by atoms with Crippen LogP contribution in [0.15, 0.2) is 41.7 Å². The van der Waals surface area contributed by atoms with Gasteiger partial charge in [-0.25, -0.2) is 0 Å². The van der Waals surface area contributed by atoms with Gasteiger partial charge in [-0.2, -0.15) is 5.10 Å². The van der Waals surface area contributed by atoms with Gasteiger partial charge in [0.15, 0.2) is 5.96 Å². The number of amides is 1. The van der Waals surface area contributed by atoms with Crippen LogP contribution < -0.4 is 19.7 Å². The summed E-state index contributed by atoms with van der Waals surface area (Å²) in [6, 6.07) is 7.52. The normalized spacial score (nSPS) is 14.9. The van der Waals surface area contributed by atoms with Gasteiger partial charge in [0.05, 0.1) is 25.6 Å². The smallest absolute Gasteiger partial charge is 0.246 e. The number of guanidine groups is 1. The number of rotatable bonds is 7. The fourth-order valence-corrected chi connectivity index (χ4v) is 3.14. The van der Waals surface area contributed by atoms with Crippen LogP contribution in [0.3, 0.4) is 0 Å². The zero-order chi connectivity index (χ0) is 20.6. The molecule has 0 saturated carbocycles. The molecule has 156 valence electrons. The molecule has 9 heteroatoms. The number of ether oxygens (including phenoxy) is 2. The summed E-state index contributed by atoms with van der Waals surface area (Å²) in [5.41, 5.74) is 0.829. The molecule has 2 aromatic rings. The van der Waals surface area contributed by atoms with E-state index < -0.39 is 0 Å². The summed E-state index contributed by atoms with van der Waals surface area (Å²) in [5, 5.41) is 7.45. The molecule has 0 bridgehead atoms. The van der Waals surface area contributed by atoms with Crippen molar-refractivity contribution in [2.45, 2.75) is 6.42 Å². The third kappa shape index (κ3) is 5.40. The molecule has 1 aromatic carbocycles. The highest BCUT2D eigenvalue weighted by atomic mass is 16.5. The number of anilines is 1. The monoisotopic (exact) mass is 400 g/mol. The van der Waals surface area contributed by atoms with Crippen molar-refractivity contribution in [3.63, 3.8) is 0 Å². The van der Waals surface area contributed by atoms with E-state index in [0.717, 1.165) is 29.6 Å². The van der Waals surface area contributed by atoms with E-state index in [1.807, 2.05) is 42.4 Å². The summed E-state index contributed by atoms with van der Waals surface area (Å²) in [5.74, 6) is 2.39. The van der Waals surface area contributed by atoms with E-state index in [1.54, 1.807) is 29.9 Å². The number of benzene rings is 1. The highest BCUT2D eigenvalue weighted by molar-refractivity contribution is 5.98. The lowest BCUT2D eigenvalue weighted by atomic mass is 10.3. The van der Waals surface area contributed by atoms with Crippen LogP contribution in [-0.4, -0.2) is 73.5 Å². The summed E-state index contributed by atoms with van der Waals surface area (Å²) >= 11 is 0. The molecule has 1 N–H and O–H groups in total. The molecule has 3 rings (SSSR count). The Balaban J connectivity index is 1.40. The predicted octanol–water partition coefficient (Wildman–Crippen LogP) is 1.12. The Morgan fingerprint density at radius 1 is 1.24 bits per heavy atom. The van der Waals surface area contributed by atoms with Gasteiger partial charge >= 0.3 is 0 Å². The van der Waals surface area contributed by atoms with Crippen molar-refractivity contribution in [2.75, 3.05) is 51.8 Å². The minimum Gasteiger partial charge on any atom is -0.497 e. The fraction of sp³-hybridized carbons (Fsp3) is 0.450. The van der Waals surface area contributed by atoms with Gasteiger partial charge in [-0.3, -0.25) is 14.5 Å². The molecule has 0 radical (unpaired) electrons. The number of aryl methyl sites for hydroxylation is 1.